The van der Waals surface area contributed by atoms with Crippen LogP contribution in [-0.4, -0.2) is 29.7 Å². The highest BCUT2D eigenvalue weighted by molar-refractivity contribution is 6.32. The minimum Gasteiger partial charge on any atom is -0.506 e. The molecule has 21 heavy (non-hydrogen) atoms. The minimum atomic E-state index is 0.000521. The molecule has 1 heterocycles. The van der Waals surface area contributed by atoms with Gasteiger partial charge in [0.05, 0.1) is 17.7 Å². The van der Waals surface area contributed by atoms with E-state index in [-0.39, 0.29) is 11.9 Å². The Morgan fingerprint density at radius 2 is 2.00 bits per heavy atom. The molecule has 3 rings (SSSR count). The summed E-state index contributed by atoms with van der Waals surface area (Å²) in [5, 5.41) is 9.88. The summed E-state index contributed by atoms with van der Waals surface area (Å²) in [6.45, 7) is 3.38. The standard InChI is InChI=1S/C17H18ClNO2/c18-15-10-14(6-7-16(15)20)17-12-19(8-9-21-17)11-13-4-2-1-3-5-13/h1-7,10,17,20H,8-9,11-12H2/t17-/m0/s1. The smallest absolute Gasteiger partial charge is 0.134 e. The maximum Gasteiger partial charge on any atom is 0.134 e. The largest absolute Gasteiger partial charge is 0.506 e. The van der Waals surface area contributed by atoms with Crippen LogP contribution in [0.25, 0.3) is 0 Å². The van der Waals surface area contributed by atoms with Crippen LogP contribution in [0.2, 0.25) is 5.02 Å². The predicted octanol–water partition coefficient (Wildman–Crippen LogP) is 3.62. The van der Waals surface area contributed by atoms with Crippen LogP contribution >= 0.6 is 11.6 Å². The van der Waals surface area contributed by atoms with Crippen LogP contribution in [0.15, 0.2) is 48.5 Å². The number of aromatic hydroxyl groups is 1. The molecule has 0 spiro atoms. The molecule has 1 saturated heterocycles. The Bertz CT molecular complexity index is 603. The third-order valence-corrected chi connectivity index (χ3v) is 4.05. The highest BCUT2D eigenvalue weighted by atomic mass is 35.5. The zero-order valence-corrected chi connectivity index (χ0v) is 12.5. The lowest BCUT2D eigenvalue weighted by Gasteiger charge is -2.33. The van der Waals surface area contributed by atoms with Gasteiger partial charge in [0.25, 0.3) is 0 Å². The van der Waals surface area contributed by atoms with E-state index in [0.29, 0.717) is 11.6 Å². The molecule has 1 N–H and O–H groups in total. The Morgan fingerprint density at radius 1 is 1.19 bits per heavy atom. The number of ether oxygens (including phenoxy) is 1. The van der Waals surface area contributed by atoms with E-state index in [1.807, 2.05) is 12.1 Å². The molecule has 110 valence electrons. The predicted molar refractivity (Wildman–Crippen MR) is 83.5 cm³/mol. The number of benzene rings is 2. The number of rotatable bonds is 3. The summed E-state index contributed by atoms with van der Waals surface area (Å²) in [4.78, 5) is 2.38. The Morgan fingerprint density at radius 3 is 2.76 bits per heavy atom. The summed E-state index contributed by atoms with van der Waals surface area (Å²) >= 11 is 5.98. The lowest BCUT2D eigenvalue weighted by atomic mass is 10.1. The van der Waals surface area contributed by atoms with E-state index in [4.69, 9.17) is 16.3 Å². The summed E-state index contributed by atoms with van der Waals surface area (Å²) in [5.41, 5.74) is 2.32. The molecule has 0 radical (unpaired) electrons. The summed E-state index contributed by atoms with van der Waals surface area (Å²) in [6, 6.07) is 15.7. The van der Waals surface area contributed by atoms with Gasteiger partial charge in [-0.2, -0.15) is 0 Å². The van der Waals surface area contributed by atoms with E-state index in [0.717, 1.165) is 25.2 Å². The molecular weight excluding hydrogens is 286 g/mol. The summed E-state index contributed by atoms with van der Waals surface area (Å²) < 4.78 is 5.84. The third kappa shape index (κ3) is 3.56. The van der Waals surface area contributed by atoms with Gasteiger partial charge in [-0.3, -0.25) is 4.90 Å². The number of halogens is 1. The first kappa shape index (κ1) is 14.4. The van der Waals surface area contributed by atoms with Crippen LogP contribution in [0.5, 0.6) is 5.75 Å². The second kappa shape index (κ2) is 6.48. The molecule has 2 aromatic rings. The Hall–Kier alpha value is -1.55. The molecule has 1 atom stereocenters. The van der Waals surface area contributed by atoms with Crippen molar-refractivity contribution < 1.29 is 9.84 Å². The van der Waals surface area contributed by atoms with Gasteiger partial charge in [-0.25, -0.2) is 0 Å². The monoisotopic (exact) mass is 303 g/mol. The molecule has 1 fully saturated rings. The maximum absolute atomic E-state index is 9.51. The van der Waals surface area contributed by atoms with Crippen molar-refractivity contribution in [2.45, 2.75) is 12.6 Å². The molecule has 0 bridgehead atoms. The lowest BCUT2D eigenvalue weighted by Crippen LogP contribution is -2.37. The number of hydrogen-bond acceptors (Lipinski definition) is 3. The first-order valence-corrected chi connectivity index (χ1v) is 7.46. The van der Waals surface area contributed by atoms with Gasteiger partial charge in [0.2, 0.25) is 0 Å². The van der Waals surface area contributed by atoms with Gasteiger partial charge >= 0.3 is 0 Å². The minimum absolute atomic E-state index is 0.000521. The fourth-order valence-corrected chi connectivity index (χ4v) is 2.80. The second-order valence-corrected chi connectivity index (χ2v) is 5.70. The molecular formula is C17H18ClNO2. The number of nitrogens with zero attached hydrogens (tertiary/aromatic N) is 1. The van der Waals surface area contributed by atoms with Gasteiger partial charge in [-0.05, 0) is 23.3 Å². The Kier molecular flexibility index (Phi) is 4.44. The average Bonchev–Trinajstić information content (AvgIpc) is 2.51. The molecule has 1 aliphatic heterocycles. The SMILES string of the molecule is Oc1ccc([C@@H]2CN(Cc3ccccc3)CCO2)cc1Cl. The van der Waals surface area contributed by atoms with Crippen molar-refractivity contribution in [2.75, 3.05) is 19.7 Å². The van der Waals surface area contributed by atoms with Gasteiger partial charge in [0.1, 0.15) is 5.75 Å². The van der Waals surface area contributed by atoms with Crippen LogP contribution in [0.3, 0.4) is 0 Å². The van der Waals surface area contributed by atoms with Crippen molar-refractivity contribution in [1.29, 1.82) is 0 Å². The summed E-state index contributed by atoms with van der Waals surface area (Å²) in [5.74, 6) is 0.109. The van der Waals surface area contributed by atoms with Gasteiger partial charge < -0.3 is 9.84 Å². The van der Waals surface area contributed by atoms with Crippen LogP contribution in [0, 0.1) is 0 Å². The zero-order chi connectivity index (χ0) is 14.7. The molecule has 0 amide bonds. The van der Waals surface area contributed by atoms with E-state index in [2.05, 4.69) is 29.2 Å². The molecule has 0 saturated carbocycles. The average molecular weight is 304 g/mol. The molecule has 0 aliphatic carbocycles. The first-order valence-electron chi connectivity index (χ1n) is 7.08. The van der Waals surface area contributed by atoms with E-state index in [1.54, 1.807) is 12.1 Å². The molecule has 0 unspecified atom stereocenters. The number of phenolic OH excluding ortho intramolecular Hbond substituents is 1. The van der Waals surface area contributed by atoms with Crippen molar-refractivity contribution in [3.8, 4) is 5.75 Å². The Labute approximate surface area is 129 Å². The maximum atomic E-state index is 9.51. The summed E-state index contributed by atoms with van der Waals surface area (Å²) in [6.07, 6.45) is 0.000521. The highest BCUT2D eigenvalue weighted by Crippen LogP contribution is 2.30. The second-order valence-electron chi connectivity index (χ2n) is 5.29. The van der Waals surface area contributed by atoms with Crippen molar-refractivity contribution in [3.05, 3.63) is 64.7 Å². The van der Waals surface area contributed by atoms with Crippen molar-refractivity contribution in [3.63, 3.8) is 0 Å². The highest BCUT2D eigenvalue weighted by Gasteiger charge is 2.22. The summed E-state index contributed by atoms with van der Waals surface area (Å²) in [7, 11) is 0. The van der Waals surface area contributed by atoms with Gasteiger partial charge in [-0.1, -0.05) is 48.0 Å². The van der Waals surface area contributed by atoms with Crippen LogP contribution in [0.4, 0.5) is 0 Å². The van der Waals surface area contributed by atoms with E-state index >= 15 is 0 Å². The van der Waals surface area contributed by atoms with Crippen LogP contribution in [-0.2, 0) is 11.3 Å². The molecule has 4 heteroatoms. The molecule has 0 aromatic heterocycles. The van der Waals surface area contributed by atoms with Gasteiger partial charge in [-0.15, -0.1) is 0 Å². The van der Waals surface area contributed by atoms with Crippen molar-refractivity contribution in [1.82, 2.24) is 4.90 Å². The van der Waals surface area contributed by atoms with E-state index in [1.165, 1.54) is 5.56 Å². The number of phenols is 1. The van der Waals surface area contributed by atoms with Crippen molar-refractivity contribution >= 4 is 11.6 Å². The normalized spacial score (nSPS) is 19.6. The fraction of sp³-hybridized carbons (Fsp3) is 0.294. The topological polar surface area (TPSA) is 32.7 Å². The third-order valence-electron chi connectivity index (χ3n) is 3.74. The zero-order valence-electron chi connectivity index (χ0n) is 11.7. The van der Waals surface area contributed by atoms with E-state index < -0.39 is 0 Å². The number of hydrogen-bond donors (Lipinski definition) is 1. The fourth-order valence-electron chi connectivity index (χ4n) is 2.61. The van der Waals surface area contributed by atoms with Gasteiger partial charge in [0.15, 0.2) is 0 Å². The first-order chi connectivity index (χ1) is 10.2. The Balaban J connectivity index is 1.69. The number of morpholine rings is 1. The van der Waals surface area contributed by atoms with E-state index in [9.17, 15) is 5.11 Å². The quantitative estimate of drug-likeness (QED) is 0.940. The lowest BCUT2D eigenvalue weighted by molar-refractivity contribution is -0.0329. The van der Waals surface area contributed by atoms with Crippen LogP contribution < -0.4 is 0 Å². The molecule has 2 aromatic carbocycles. The van der Waals surface area contributed by atoms with Crippen molar-refractivity contribution in [2.24, 2.45) is 0 Å². The molecule has 3 nitrogen and oxygen atoms in total. The van der Waals surface area contributed by atoms with Gasteiger partial charge in [0, 0.05) is 19.6 Å². The van der Waals surface area contributed by atoms with Crippen LogP contribution in [0.1, 0.15) is 17.2 Å². The molecule has 1 aliphatic rings.